The summed E-state index contributed by atoms with van der Waals surface area (Å²) in [5, 5.41) is 28.0. The summed E-state index contributed by atoms with van der Waals surface area (Å²) in [6, 6.07) is 3.97. The molecule has 0 unspecified atom stereocenters. The number of rotatable bonds is 2. The summed E-state index contributed by atoms with van der Waals surface area (Å²) in [6.07, 6.45) is 0. The average Bonchev–Trinajstić information content (AvgIpc) is 2.15. The van der Waals surface area contributed by atoms with Crippen LogP contribution in [0.15, 0.2) is 12.1 Å². The predicted octanol–water partition coefficient (Wildman–Crippen LogP) is 1.47. The van der Waals surface area contributed by atoms with Gasteiger partial charge >= 0.3 is 5.97 Å². The minimum atomic E-state index is -1.25. The van der Waals surface area contributed by atoms with Crippen molar-refractivity contribution in [2.24, 2.45) is 0 Å². The Hall–Kier alpha value is -2.42. The highest BCUT2D eigenvalue weighted by molar-refractivity contribution is 5.91. The van der Waals surface area contributed by atoms with Crippen LogP contribution in [-0.4, -0.2) is 16.0 Å². The maximum atomic E-state index is 10.7. The van der Waals surface area contributed by atoms with Crippen LogP contribution in [0.5, 0.6) is 0 Å². The largest absolute Gasteiger partial charge is 0.478 e. The third-order valence-corrected chi connectivity index (χ3v) is 1.96. The summed E-state index contributed by atoms with van der Waals surface area (Å²) in [7, 11) is 0. The van der Waals surface area contributed by atoms with Crippen molar-refractivity contribution in [3.63, 3.8) is 0 Å². The summed E-state index contributed by atoms with van der Waals surface area (Å²) in [4.78, 5) is 20.6. The lowest BCUT2D eigenvalue weighted by Crippen LogP contribution is -2.04. The van der Waals surface area contributed by atoms with E-state index in [0.29, 0.717) is 0 Å². The number of benzene rings is 1. The fourth-order valence-electron chi connectivity index (χ4n) is 1.26. The van der Waals surface area contributed by atoms with Crippen LogP contribution >= 0.6 is 0 Å². The molecule has 0 atom stereocenters. The van der Waals surface area contributed by atoms with E-state index in [2.05, 4.69) is 0 Å². The van der Waals surface area contributed by atoms with E-state index in [1.54, 1.807) is 6.07 Å². The summed E-state index contributed by atoms with van der Waals surface area (Å²) in [5.74, 6) is -1.25. The molecular weight excluding hydrogens is 200 g/mol. The molecule has 0 radical (unpaired) electrons. The molecule has 0 saturated carbocycles. The molecular formula is C9H6N2O4. The zero-order valence-electron chi connectivity index (χ0n) is 7.72. The molecule has 0 bridgehead atoms. The monoisotopic (exact) mass is 206 g/mol. The summed E-state index contributed by atoms with van der Waals surface area (Å²) in [5.41, 5.74) is -0.757. The number of nitro benzene ring substituents is 1. The number of nitrogens with zero attached hydrogens (tertiary/aromatic N) is 2. The topological polar surface area (TPSA) is 104 Å². The second-order valence-corrected chi connectivity index (χ2v) is 2.81. The molecule has 1 rings (SSSR count). The van der Waals surface area contributed by atoms with Crippen LogP contribution in [0, 0.1) is 28.4 Å². The van der Waals surface area contributed by atoms with E-state index in [1.165, 1.54) is 13.0 Å². The molecule has 76 valence electrons. The second kappa shape index (κ2) is 3.75. The number of aromatic carboxylic acids is 1. The number of nitriles is 1. The van der Waals surface area contributed by atoms with Crippen molar-refractivity contribution < 1.29 is 14.8 Å². The number of nitro groups is 1. The van der Waals surface area contributed by atoms with E-state index in [-0.39, 0.29) is 16.7 Å². The van der Waals surface area contributed by atoms with E-state index in [0.717, 1.165) is 6.07 Å². The lowest BCUT2D eigenvalue weighted by atomic mass is 10.0. The normalized spacial score (nSPS) is 9.33. The maximum Gasteiger partial charge on any atom is 0.336 e. The highest BCUT2D eigenvalue weighted by Crippen LogP contribution is 2.25. The molecule has 6 nitrogen and oxygen atoms in total. The third-order valence-electron chi connectivity index (χ3n) is 1.96. The molecule has 0 fully saturated rings. The minimum Gasteiger partial charge on any atom is -0.478 e. The summed E-state index contributed by atoms with van der Waals surface area (Å²) >= 11 is 0. The van der Waals surface area contributed by atoms with Crippen molar-refractivity contribution in [1.82, 2.24) is 0 Å². The molecule has 1 N–H and O–H groups in total. The van der Waals surface area contributed by atoms with Gasteiger partial charge in [0, 0.05) is 5.56 Å². The Morgan fingerprint density at radius 1 is 1.60 bits per heavy atom. The van der Waals surface area contributed by atoms with E-state index >= 15 is 0 Å². The smallest absolute Gasteiger partial charge is 0.336 e. The van der Waals surface area contributed by atoms with Gasteiger partial charge in [-0.1, -0.05) is 0 Å². The molecule has 1 aromatic carbocycles. The van der Waals surface area contributed by atoms with Gasteiger partial charge in [0.2, 0.25) is 0 Å². The van der Waals surface area contributed by atoms with Crippen LogP contribution in [0.2, 0.25) is 0 Å². The van der Waals surface area contributed by atoms with Crippen molar-refractivity contribution in [2.75, 3.05) is 0 Å². The van der Waals surface area contributed by atoms with Gasteiger partial charge in [-0.15, -0.1) is 0 Å². The zero-order chi connectivity index (χ0) is 11.6. The van der Waals surface area contributed by atoms with Gasteiger partial charge in [0.25, 0.3) is 5.69 Å². The highest BCUT2D eigenvalue weighted by Gasteiger charge is 2.22. The van der Waals surface area contributed by atoms with Crippen LogP contribution in [-0.2, 0) is 0 Å². The third kappa shape index (κ3) is 1.76. The molecule has 15 heavy (non-hydrogen) atoms. The Labute approximate surface area is 84.5 Å². The van der Waals surface area contributed by atoms with Gasteiger partial charge in [-0.3, -0.25) is 10.1 Å². The molecule has 0 heterocycles. The second-order valence-electron chi connectivity index (χ2n) is 2.81. The standard InChI is InChI=1S/C9H6N2O4/c1-5-7(9(12)13)3-2-6(4-10)8(5)11(14)15/h2-3H,1H3,(H,12,13). The van der Waals surface area contributed by atoms with Gasteiger partial charge in [0.15, 0.2) is 0 Å². The Morgan fingerprint density at radius 2 is 2.20 bits per heavy atom. The fraction of sp³-hybridized carbons (Fsp3) is 0.111. The molecule has 0 aliphatic heterocycles. The molecule has 6 heteroatoms. The van der Waals surface area contributed by atoms with E-state index in [4.69, 9.17) is 10.4 Å². The SMILES string of the molecule is Cc1c(C(=O)O)ccc(C#N)c1[N+](=O)[O-]. The van der Waals surface area contributed by atoms with Crippen molar-refractivity contribution in [3.8, 4) is 6.07 Å². The number of carbonyl (C=O) groups is 1. The molecule has 0 amide bonds. The van der Waals surface area contributed by atoms with Crippen LogP contribution < -0.4 is 0 Å². The van der Waals surface area contributed by atoms with Crippen molar-refractivity contribution >= 4 is 11.7 Å². The van der Waals surface area contributed by atoms with Crippen molar-refractivity contribution in [3.05, 3.63) is 38.9 Å². The molecule has 1 aromatic rings. The summed E-state index contributed by atoms with van der Waals surface area (Å²) < 4.78 is 0. The average molecular weight is 206 g/mol. The van der Waals surface area contributed by atoms with Gasteiger partial charge < -0.3 is 5.11 Å². The fourth-order valence-corrected chi connectivity index (χ4v) is 1.26. The first kappa shape index (κ1) is 10.7. The zero-order valence-corrected chi connectivity index (χ0v) is 7.72. The number of carboxylic acid groups (broad SMARTS) is 1. The van der Waals surface area contributed by atoms with Gasteiger partial charge in [-0.25, -0.2) is 4.79 Å². The highest BCUT2D eigenvalue weighted by atomic mass is 16.6. The first-order valence-corrected chi connectivity index (χ1v) is 3.90. The van der Waals surface area contributed by atoms with E-state index in [9.17, 15) is 14.9 Å². The number of hydrogen-bond acceptors (Lipinski definition) is 4. The van der Waals surface area contributed by atoms with Crippen LogP contribution in [0.1, 0.15) is 21.5 Å². The molecule has 0 aliphatic rings. The Balaban J connectivity index is 3.58. The van der Waals surface area contributed by atoms with Crippen LogP contribution in [0.3, 0.4) is 0 Å². The Kier molecular flexibility index (Phi) is 2.67. The van der Waals surface area contributed by atoms with Gasteiger partial charge in [0.05, 0.1) is 10.5 Å². The van der Waals surface area contributed by atoms with Gasteiger partial charge in [-0.2, -0.15) is 5.26 Å². The summed E-state index contributed by atoms with van der Waals surface area (Å²) in [6.45, 7) is 1.31. The lowest BCUT2D eigenvalue weighted by molar-refractivity contribution is -0.385. The molecule has 0 aliphatic carbocycles. The number of carboxylic acids is 1. The van der Waals surface area contributed by atoms with Crippen molar-refractivity contribution in [1.29, 1.82) is 5.26 Å². The lowest BCUT2D eigenvalue weighted by Gasteiger charge is -2.02. The first-order valence-electron chi connectivity index (χ1n) is 3.90. The van der Waals surface area contributed by atoms with Gasteiger partial charge in [0.1, 0.15) is 11.6 Å². The first-order chi connectivity index (χ1) is 6.99. The maximum absolute atomic E-state index is 10.7. The Bertz CT molecular complexity index is 488. The quantitative estimate of drug-likeness (QED) is 0.582. The molecule has 0 spiro atoms. The van der Waals surface area contributed by atoms with Crippen molar-refractivity contribution in [2.45, 2.75) is 6.92 Å². The minimum absolute atomic E-state index is 0.00782. The van der Waals surface area contributed by atoms with E-state index in [1.807, 2.05) is 0 Å². The van der Waals surface area contributed by atoms with Crippen LogP contribution in [0.4, 0.5) is 5.69 Å². The van der Waals surface area contributed by atoms with Crippen LogP contribution in [0.25, 0.3) is 0 Å². The molecule has 0 saturated heterocycles. The Morgan fingerprint density at radius 3 is 2.60 bits per heavy atom. The predicted molar refractivity (Wildman–Crippen MR) is 49.5 cm³/mol. The van der Waals surface area contributed by atoms with E-state index < -0.39 is 16.6 Å². The molecule has 0 aromatic heterocycles. The van der Waals surface area contributed by atoms with Gasteiger partial charge in [-0.05, 0) is 19.1 Å². The number of hydrogen-bond donors (Lipinski definition) is 1.